The van der Waals surface area contributed by atoms with Crippen molar-refractivity contribution in [2.75, 3.05) is 7.11 Å². The zero-order valence-corrected chi connectivity index (χ0v) is 11.2. The molecule has 0 spiro atoms. The van der Waals surface area contributed by atoms with Crippen molar-refractivity contribution in [2.24, 2.45) is 11.8 Å². The molecule has 0 fully saturated rings. The number of allylic oxidation sites excluding steroid dienone is 3. The third kappa shape index (κ3) is 3.89. The first-order chi connectivity index (χ1) is 8.43. The molecular weight excluding hydrogens is 228 g/mol. The summed E-state index contributed by atoms with van der Waals surface area (Å²) in [6, 6.07) is 0. The van der Waals surface area contributed by atoms with Crippen molar-refractivity contribution in [1.29, 1.82) is 0 Å². The van der Waals surface area contributed by atoms with Crippen molar-refractivity contribution in [3.8, 4) is 11.8 Å². The van der Waals surface area contributed by atoms with E-state index in [4.69, 9.17) is 0 Å². The van der Waals surface area contributed by atoms with Crippen LogP contribution >= 0.6 is 0 Å². The summed E-state index contributed by atoms with van der Waals surface area (Å²) in [7, 11) is 1.33. The fraction of sp³-hybridized carbons (Fsp3) is 0.467. The second-order valence-corrected chi connectivity index (χ2v) is 4.63. The second kappa shape index (κ2) is 6.20. The van der Waals surface area contributed by atoms with Crippen LogP contribution in [0.25, 0.3) is 0 Å². The van der Waals surface area contributed by atoms with Gasteiger partial charge in [0, 0.05) is 24.0 Å². The highest BCUT2D eigenvalue weighted by atomic mass is 16.5. The molecule has 1 aliphatic rings. The van der Waals surface area contributed by atoms with Gasteiger partial charge < -0.3 is 4.74 Å². The summed E-state index contributed by atoms with van der Waals surface area (Å²) in [5, 5.41) is 0. The molecule has 96 valence electrons. The summed E-state index contributed by atoms with van der Waals surface area (Å²) in [6.45, 7) is 5.71. The summed E-state index contributed by atoms with van der Waals surface area (Å²) in [6.07, 6.45) is 3.57. The van der Waals surface area contributed by atoms with Crippen molar-refractivity contribution >= 4 is 11.8 Å². The van der Waals surface area contributed by atoms with Crippen LogP contribution in [-0.2, 0) is 14.3 Å². The molecule has 2 unspecified atom stereocenters. The molecule has 18 heavy (non-hydrogen) atoms. The van der Waals surface area contributed by atoms with Crippen molar-refractivity contribution in [3.63, 3.8) is 0 Å². The Kier molecular flexibility index (Phi) is 4.91. The number of hydrogen-bond acceptors (Lipinski definition) is 3. The minimum absolute atomic E-state index is 0.0868. The number of hydrogen-bond donors (Lipinski definition) is 0. The van der Waals surface area contributed by atoms with Crippen LogP contribution in [0.15, 0.2) is 23.3 Å². The van der Waals surface area contributed by atoms with Gasteiger partial charge in [-0.25, -0.2) is 4.79 Å². The molecule has 0 saturated carbocycles. The van der Waals surface area contributed by atoms with Gasteiger partial charge in [-0.15, -0.1) is 0 Å². The lowest BCUT2D eigenvalue weighted by atomic mass is 9.80. The molecule has 0 bridgehead atoms. The molecule has 0 aliphatic heterocycles. The number of esters is 1. The summed E-state index contributed by atoms with van der Waals surface area (Å²) >= 11 is 0. The molecule has 1 aliphatic carbocycles. The van der Waals surface area contributed by atoms with Gasteiger partial charge in [-0.05, 0) is 25.8 Å². The van der Waals surface area contributed by atoms with Crippen molar-refractivity contribution in [1.82, 2.24) is 0 Å². The van der Waals surface area contributed by atoms with E-state index >= 15 is 0 Å². The molecule has 0 aromatic heterocycles. The fourth-order valence-corrected chi connectivity index (χ4v) is 2.01. The van der Waals surface area contributed by atoms with Crippen LogP contribution in [0.2, 0.25) is 0 Å². The van der Waals surface area contributed by atoms with Gasteiger partial charge in [0.25, 0.3) is 0 Å². The summed E-state index contributed by atoms with van der Waals surface area (Å²) in [5.41, 5.74) is 1.66. The zero-order valence-electron chi connectivity index (χ0n) is 11.2. The van der Waals surface area contributed by atoms with Gasteiger partial charge >= 0.3 is 5.97 Å². The average molecular weight is 246 g/mol. The normalized spacial score (nSPS) is 23.9. The molecule has 0 aromatic carbocycles. The molecule has 3 heteroatoms. The first-order valence-corrected chi connectivity index (χ1v) is 5.93. The molecule has 0 N–H and O–H groups in total. The number of carbonyl (C=O) groups is 2. The zero-order chi connectivity index (χ0) is 13.7. The molecule has 0 amide bonds. The van der Waals surface area contributed by atoms with E-state index in [1.165, 1.54) is 13.2 Å². The monoisotopic (exact) mass is 246 g/mol. The Morgan fingerprint density at radius 3 is 2.78 bits per heavy atom. The Bertz CT molecular complexity index is 472. The minimum atomic E-state index is -0.402. The van der Waals surface area contributed by atoms with E-state index in [-0.39, 0.29) is 17.6 Å². The largest absolute Gasteiger partial charge is 0.466 e. The van der Waals surface area contributed by atoms with Crippen molar-refractivity contribution in [2.45, 2.75) is 27.2 Å². The van der Waals surface area contributed by atoms with E-state index in [2.05, 4.69) is 16.6 Å². The average Bonchev–Trinajstić information content (AvgIpc) is 2.27. The lowest BCUT2D eigenvalue weighted by Crippen LogP contribution is -2.20. The van der Waals surface area contributed by atoms with Crippen molar-refractivity contribution in [3.05, 3.63) is 23.3 Å². The Hall–Kier alpha value is -1.82. The van der Waals surface area contributed by atoms with Gasteiger partial charge in [-0.2, -0.15) is 0 Å². The van der Waals surface area contributed by atoms with Crippen LogP contribution in [0.4, 0.5) is 0 Å². The van der Waals surface area contributed by atoms with Gasteiger partial charge in [0.2, 0.25) is 0 Å². The number of ether oxygens (including phenoxy) is 1. The fourth-order valence-electron chi connectivity index (χ4n) is 2.01. The smallest absolute Gasteiger partial charge is 0.331 e. The topological polar surface area (TPSA) is 43.4 Å². The number of rotatable bonds is 1. The number of carbonyl (C=O) groups excluding carboxylic acids is 2. The van der Waals surface area contributed by atoms with Gasteiger partial charge in [0.1, 0.15) is 0 Å². The Labute approximate surface area is 108 Å². The first-order valence-electron chi connectivity index (χ1n) is 5.93. The molecule has 0 aromatic rings. The van der Waals surface area contributed by atoms with Crippen LogP contribution in [-0.4, -0.2) is 18.9 Å². The third-order valence-corrected chi connectivity index (χ3v) is 2.93. The SMILES string of the molecule is COC(=O)/C=C(\C)C#CC1C(C)=CC(=O)CC1C. The minimum Gasteiger partial charge on any atom is -0.466 e. The highest BCUT2D eigenvalue weighted by Crippen LogP contribution is 2.27. The lowest BCUT2D eigenvalue weighted by Gasteiger charge is -2.23. The highest BCUT2D eigenvalue weighted by molar-refractivity contribution is 5.91. The van der Waals surface area contributed by atoms with Crippen LogP contribution in [0.3, 0.4) is 0 Å². The predicted octanol–water partition coefficient (Wildman–Crippen LogP) is 2.28. The van der Waals surface area contributed by atoms with E-state index in [9.17, 15) is 9.59 Å². The number of methoxy groups -OCH3 is 1. The van der Waals surface area contributed by atoms with Crippen LogP contribution < -0.4 is 0 Å². The number of ketones is 1. The molecule has 0 saturated heterocycles. The van der Waals surface area contributed by atoms with Gasteiger partial charge in [-0.1, -0.05) is 24.3 Å². The Morgan fingerprint density at radius 1 is 1.56 bits per heavy atom. The molecular formula is C15H18O3. The molecule has 0 radical (unpaired) electrons. The van der Waals surface area contributed by atoms with E-state index in [1.54, 1.807) is 13.0 Å². The van der Waals surface area contributed by atoms with E-state index in [1.807, 2.05) is 13.8 Å². The standard InChI is InChI=1S/C15H18O3/c1-10(7-15(17)18-4)5-6-14-11(2)8-13(16)9-12(14)3/h7-8,12,14H,9H2,1-4H3/b10-7+. The van der Waals surface area contributed by atoms with E-state index in [0.717, 1.165) is 5.57 Å². The maximum atomic E-state index is 11.4. The molecule has 1 rings (SSSR count). The Morgan fingerprint density at radius 2 is 2.22 bits per heavy atom. The van der Waals surface area contributed by atoms with E-state index in [0.29, 0.717) is 12.0 Å². The summed E-state index contributed by atoms with van der Waals surface area (Å²) in [4.78, 5) is 22.4. The maximum absolute atomic E-state index is 11.4. The third-order valence-electron chi connectivity index (χ3n) is 2.93. The molecule has 2 atom stereocenters. The quantitative estimate of drug-likeness (QED) is 0.405. The predicted molar refractivity (Wildman–Crippen MR) is 69.6 cm³/mol. The second-order valence-electron chi connectivity index (χ2n) is 4.63. The van der Waals surface area contributed by atoms with Gasteiger partial charge in [0.05, 0.1) is 7.11 Å². The van der Waals surface area contributed by atoms with Gasteiger partial charge in [0.15, 0.2) is 5.78 Å². The first kappa shape index (κ1) is 14.2. The van der Waals surface area contributed by atoms with Crippen molar-refractivity contribution < 1.29 is 14.3 Å². The maximum Gasteiger partial charge on any atom is 0.331 e. The summed E-state index contributed by atoms with van der Waals surface area (Å²) < 4.78 is 4.53. The van der Waals surface area contributed by atoms with Gasteiger partial charge in [-0.3, -0.25) is 4.79 Å². The highest BCUT2D eigenvalue weighted by Gasteiger charge is 2.24. The lowest BCUT2D eigenvalue weighted by molar-refractivity contribution is -0.134. The summed E-state index contributed by atoms with van der Waals surface area (Å²) in [5.74, 6) is 6.15. The van der Waals surface area contributed by atoms with Crippen LogP contribution in [0, 0.1) is 23.7 Å². The molecule has 3 nitrogen and oxygen atoms in total. The molecule has 0 heterocycles. The van der Waals surface area contributed by atoms with Crippen LogP contribution in [0.1, 0.15) is 27.2 Å². The van der Waals surface area contributed by atoms with E-state index < -0.39 is 5.97 Å². The Balaban J connectivity index is 2.85. The van der Waals surface area contributed by atoms with Crippen LogP contribution in [0.5, 0.6) is 0 Å².